The van der Waals surface area contributed by atoms with E-state index in [1.165, 1.54) is 0 Å². The number of ketones is 1. The molecule has 2 unspecified atom stereocenters. The third-order valence-electron chi connectivity index (χ3n) is 2.90. The highest BCUT2D eigenvalue weighted by Crippen LogP contribution is 2.30. The normalized spacial score (nSPS) is 42.6. The van der Waals surface area contributed by atoms with E-state index in [0.717, 1.165) is 0 Å². The van der Waals surface area contributed by atoms with E-state index in [0.29, 0.717) is 0 Å². The molecule has 0 aromatic rings. The topological polar surface area (TPSA) is 168 Å². The zero-order valence-electron chi connectivity index (χ0n) is 9.25. The fourth-order valence-electron chi connectivity index (χ4n) is 1.76. The van der Waals surface area contributed by atoms with E-state index >= 15 is 0 Å². The Bertz CT molecular complexity index is 308. The average Bonchev–Trinajstić information content (AvgIpc) is 2.38. The maximum absolute atomic E-state index is 11.7. The zero-order chi connectivity index (χ0) is 14.1. The van der Waals surface area contributed by atoms with Crippen molar-refractivity contribution in [1.82, 2.24) is 0 Å². The third-order valence-corrected chi connectivity index (χ3v) is 2.90. The van der Waals surface area contributed by atoms with Crippen LogP contribution in [0.3, 0.4) is 0 Å². The summed E-state index contributed by atoms with van der Waals surface area (Å²) in [6.07, 6.45) is -9.92. The number of Topliss-reactive ketones (excluding diaryl/α,β-unsaturated/α-hetero) is 1. The number of hydrogen-bond donors (Lipinski definition) is 7. The maximum atomic E-state index is 11.7. The molecule has 7 N–H and O–H groups in total. The van der Waals surface area contributed by atoms with Crippen LogP contribution < -0.4 is 0 Å². The molecule has 1 heterocycles. The van der Waals surface area contributed by atoms with Gasteiger partial charge in [0.15, 0.2) is 11.9 Å². The molecule has 0 bridgehead atoms. The number of carbonyl (C=O) groups is 1. The van der Waals surface area contributed by atoms with Gasteiger partial charge in [-0.05, 0) is 0 Å². The van der Waals surface area contributed by atoms with Gasteiger partial charge in [-0.1, -0.05) is 0 Å². The fourth-order valence-corrected chi connectivity index (χ4v) is 1.76. The van der Waals surface area contributed by atoms with Crippen molar-refractivity contribution in [3.8, 4) is 0 Å². The number of aliphatic hydroxyl groups is 7. The lowest BCUT2D eigenvalue weighted by molar-refractivity contribution is -0.317. The smallest absolute Gasteiger partial charge is 0.200 e. The van der Waals surface area contributed by atoms with Crippen LogP contribution in [0.4, 0.5) is 0 Å². The molecule has 0 aliphatic carbocycles. The first-order valence-electron chi connectivity index (χ1n) is 5.16. The molecule has 6 atom stereocenters. The lowest BCUT2D eigenvalue weighted by atomic mass is 9.82. The van der Waals surface area contributed by atoms with Crippen molar-refractivity contribution < 1.29 is 45.3 Å². The maximum Gasteiger partial charge on any atom is 0.200 e. The average molecular weight is 268 g/mol. The lowest BCUT2D eigenvalue weighted by Crippen LogP contribution is -2.70. The van der Waals surface area contributed by atoms with Crippen LogP contribution in [0.1, 0.15) is 0 Å². The van der Waals surface area contributed by atoms with Crippen molar-refractivity contribution in [1.29, 1.82) is 0 Å². The molecule has 0 radical (unpaired) electrons. The van der Waals surface area contributed by atoms with Crippen molar-refractivity contribution in [2.24, 2.45) is 0 Å². The first-order valence-corrected chi connectivity index (χ1v) is 5.16. The van der Waals surface area contributed by atoms with Crippen LogP contribution in [0.15, 0.2) is 0 Å². The molecule has 9 nitrogen and oxygen atoms in total. The van der Waals surface area contributed by atoms with Gasteiger partial charge in [-0.3, -0.25) is 4.79 Å². The Hall–Kier alpha value is -0.650. The Balaban J connectivity index is 3.09. The predicted octanol–water partition coefficient (Wildman–Crippen LogP) is -4.93. The van der Waals surface area contributed by atoms with Gasteiger partial charge in [0.2, 0.25) is 5.78 Å². The van der Waals surface area contributed by atoms with E-state index in [1.807, 2.05) is 0 Å². The minimum absolute atomic E-state index is 0.995. The van der Waals surface area contributed by atoms with E-state index in [4.69, 9.17) is 10.2 Å². The molecule has 0 amide bonds. The molecule has 9 heteroatoms. The minimum atomic E-state index is -2.51. The molecule has 0 aromatic carbocycles. The highest BCUT2D eigenvalue weighted by Gasteiger charge is 2.58. The lowest BCUT2D eigenvalue weighted by Gasteiger charge is -2.45. The van der Waals surface area contributed by atoms with Crippen LogP contribution >= 0.6 is 0 Å². The summed E-state index contributed by atoms with van der Waals surface area (Å²) in [6, 6.07) is 0. The van der Waals surface area contributed by atoms with Crippen LogP contribution in [-0.4, -0.2) is 91.0 Å². The van der Waals surface area contributed by atoms with Crippen molar-refractivity contribution in [3.05, 3.63) is 0 Å². The SMILES string of the molecule is O=C(C(O)CO)[C@]1(CO)OC(O)[C@H](O)[C@@H](O)[C@@H]1O. The van der Waals surface area contributed by atoms with Crippen LogP contribution in [0.2, 0.25) is 0 Å². The summed E-state index contributed by atoms with van der Waals surface area (Å²) in [5.74, 6) is -1.31. The monoisotopic (exact) mass is 268 g/mol. The summed E-state index contributed by atoms with van der Waals surface area (Å²) in [7, 11) is 0. The summed E-state index contributed by atoms with van der Waals surface area (Å²) >= 11 is 0. The second-order valence-electron chi connectivity index (χ2n) is 4.04. The molecule has 1 aliphatic heterocycles. The van der Waals surface area contributed by atoms with Crippen molar-refractivity contribution >= 4 is 5.78 Å². The highest BCUT2D eigenvalue weighted by molar-refractivity contribution is 5.92. The first-order chi connectivity index (χ1) is 8.31. The van der Waals surface area contributed by atoms with Gasteiger partial charge in [0.25, 0.3) is 0 Å². The Kier molecular flexibility index (Phi) is 4.75. The van der Waals surface area contributed by atoms with Gasteiger partial charge < -0.3 is 40.5 Å². The summed E-state index contributed by atoms with van der Waals surface area (Å²) in [4.78, 5) is 11.7. The highest BCUT2D eigenvalue weighted by atomic mass is 16.7. The predicted molar refractivity (Wildman–Crippen MR) is 53.0 cm³/mol. The van der Waals surface area contributed by atoms with Crippen LogP contribution in [0, 0.1) is 0 Å². The Morgan fingerprint density at radius 3 is 2.17 bits per heavy atom. The number of aliphatic hydroxyl groups excluding tert-OH is 7. The van der Waals surface area contributed by atoms with Crippen LogP contribution in [-0.2, 0) is 9.53 Å². The van der Waals surface area contributed by atoms with E-state index < -0.39 is 55.3 Å². The minimum Gasteiger partial charge on any atom is -0.393 e. The van der Waals surface area contributed by atoms with Gasteiger partial charge in [0.05, 0.1) is 13.2 Å². The molecular weight excluding hydrogens is 252 g/mol. The number of hydrogen-bond acceptors (Lipinski definition) is 9. The molecular formula is C9H16O9. The molecule has 18 heavy (non-hydrogen) atoms. The second kappa shape index (κ2) is 5.55. The summed E-state index contributed by atoms with van der Waals surface area (Å²) in [5.41, 5.74) is -2.51. The standard InChI is InChI=1S/C9H16O9/c10-1-3(12)6(15)9(2-11)7(16)4(13)5(14)8(17)18-9/h3-5,7-8,10-14,16-17H,1-2H2/t3?,4-,5-,7+,8?,9+/m1/s1. The van der Waals surface area contributed by atoms with Gasteiger partial charge in [-0.15, -0.1) is 0 Å². The van der Waals surface area contributed by atoms with Gasteiger partial charge in [-0.25, -0.2) is 0 Å². The van der Waals surface area contributed by atoms with Crippen LogP contribution in [0.25, 0.3) is 0 Å². The van der Waals surface area contributed by atoms with E-state index in [-0.39, 0.29) is 0 Å². The van der Waals surface area contributed by atoms with E-state index in [1.54, 1.807) is 0 Å². The third kappa shape index (κ3) is 2.27. The largest absolute Gasteiger partial charge is 0.393 e. The second-order valence-corrected chi connectivity index (χ2v) is 4.04. The molecule has 0 saturated carbocycles. The molecule has 0 aromatic heterocycles. The molecule has 1 saturated heterocycles. The fraction of sp³-hybridized carbons (Fsp3) is 0.889. The van der Waals surface area contributed by atoms with Gasteiger partial charge in [-0.2, -0.15) is 0 Å². The van der Waals surface area contributed by atoms with Crippen molar-refractivity contribution in [2.75, 3.05) is 13.2 Å². The van der Waals surface area contributed by atoms with Crippen molar-refractivity contribution in [2.45, 2.75) is 36.3 Å². The summed E-state index contributed by atoms with van der Waals surface area (Å²) in [6.45, 7) is -2.16. The molecule has 106 valence electrons. The van der Waals surface area contributed by atoms with Gasteiger partial charge >= 0.3 is 0 Å². The molecule has 1 fully saturated rings. The quantitative estimate of drug-likeness (QED) is 0.264. The van der Waals surface area contributed by atoms with E-state index in [2.05, 4.69) is 4.74 Å². The Morgan fingerprint density at radius 1 is 1.17 bits per heavy atom. The summed E-state index contributed by atoms with van der Waals surface area (Å²) < 4.78 is 4.63. The molecule has 1 rings (SSSR count). The zero-order valence-corrected chi connectivity index (χ0v) is 9.25. The van der Waals surface area contributed by atoms with Crippen LogP contribution in [0.5, 0.6) is 0 Å². The first kappa shape index (κ1) is 15.4. The van der Waals surface area contributed by atoms with Gasteiger partial charge in [0, 0.05) is 0 Å². The number of ether oxygens (including phenoxy) is 1. The number of rotatable bonds is 4. The summed E-state index contributed by atoms with van der Waals surface area (Å²) in [5, 5.41) is 64.6. The Morgan fingerprint density at radius 2 is 1.72 bits per heavy atom. The molecule has 1 aliphatic rings. The Labute approximate surface area is 101 Å². The van der Waals surface area contributed by atoms with E-state index in [9.17, 15) is 30.3 Å². The van der Waals surface area contributed by atoms with Crippen molar-refractivity contribution in [3.63, 3.8) is 0 Å². The van der Waals surface area contributed by atoms with Gasteiger partial charge in [0.1, 0.15) is 24.4 Å². The number of carbonyl (C=O) groups excluding carboxylic acids is 1. The molecule has 0 spiro atoms.